The summed E-state index contributed by atoms with van der Waals surface area (Å²) < 4.78 is 0. The zero-order chi connectivity index (χ0) is 16.2. The Hall–Kier alpha value is -2.36. The number of anilines is 2. The van der Waals surface area contributed by atoms with Crippen molar-refractivity contribution in [3.8, 4) is 0 Å². The predicted molar refractivity (Wildman–Crippen MR) is 94.1 cm³/mol. The van der Waals surface area contributed by atoms with Crippen molar-refractivity contribution in [1.82, 2.24) is 4.98 Å². The quantitative estimate of drug-likeness (QED) is 0.932. The fourth-order valence-electron chi connectivity index (χ4n) is 2.91. The summed E-state index contributed by atoms with van der Waals surface area (Å²) in [5.41, 5.74) is 3.70. The molecule has 1 aliphatic rings. The van der Waals surface area contributed by atoms with Gasteiger partial charge in [-0.25, -0.2) is 0 Å². The lowest BCUT2D eigenvalue weighted by atomic mass is 10.0. The van der Waals surface area contributed by atoms with Crippen molar-refractivity contribution in [2.45, 2.75) is 39.2 Å². The molecule has 1 amide bonds. The van der Waals surface area contributed by atoms with Crippen LogP contribution in [0, 0.1) is 0 Å². The SMILES string of the molecule is CCC(C)Nc1ccnc(C(=O)N2CCCc3ccccc32)c1. The fraction of sp³-hybridized carbons (Fsp3) is 0.368. The second-order valence-electron chi connectivity index (χ2n) is 6.07. The van der Waals surface area contributed by atoms with Gasteiger partial charge in [0, 0.05) is 30.2 Å². The highest BCUT2D eigenvalue weighted by Crippen LogP contribution is 2.28. The number of hydrogen-bond acceptors (Lipinski definition) is 3. The fourth-order valence-corrected chi connectivity index (χ4v) is 2.91. The second-order valence-corrected chi connectivity index (χ2v) is 6.07. The van der Waals surface area contributed by atoms with Crippen LogP contribution in [0.1, 0.15) is 42.7 Å². The molecule has 1 aliphatic heterocycles. The van der Waals surface area contributed by atoms with Crippen LogP contribution >= 0.6 is 0 Å². The minimum atomic E-state index is -0.0232. The van der Waals surface area contributed by atoms with Crippen molar-refractivity contribution >= 4 is 17.3 Å². The zero-order valence-corrected chi connectivity index (χ0v) is 13.7. The molecule has 4 nitrogen and oxygen atoms in total. The van der Waals surface area contributed by atoms with Crippen LogP contribution in [0.4, 0.5) is 11.4 Å². The first-order chi connectivity index (χ1) is 11.2. The normalized spacial score (nSPS) is 15.0. The molecule has 0 spiro atoms. The molecule has 0 fully saturated rings. The maximum absolute atomic E-state index is 12.9. The van der Waals surface area contributed by atoms with Gasteiger partial charge >= 0.3 is 0 Å². The second kappa shape index (κ2) is 6.82. The van der Waals surface area contributed by atoms with E-state index >= 15 is 0 Å². The van der Waals surface area contributed by atoms with Crippen LogP contribution in [-0.2, 0) is 6.42 Å². The lowest BCUT2D eigenvalue weighted by Gasteiger charge is -2.29. The molecular weight excluding hydrogens is 286 g/mol. The minimum Gasteiger partial charge on any atom is -0.382 e. The Bertz CT molecular complexity index is 699. The molecule has 1 atom stereocenters. The molecule has 4 heteroatoms. The van der Waals surface area contributed by atoms with Crippen molar-refractivity contribution < 1.29 is 4.79 Å². The van der Waals surface area contributed by atoms with Crippen LogP contribution in [0.25, 0.3) is 0 Å². The molecule has 0 aliphatic carbocycles. The van der Waals surface area contributed by atoms with Gasteiger partial charge in [-0.05, 0) is 49.9 Å². The van der Waals surface area contributed by atoms with E-state index in [1.807, 2.05) is 35.2 Å². The lowest BCUT2D eigenvalue weighted by molar-refractivity contribution is 0.0980. The average Bonchev–Trinajstić information content (AvgIpc) is 2.60. The molecule has 1 aromatic heterocycles. The molecule has 2 aromatic rings. The van der Waals surface area contributed by atoms with Gasteiger partial charge in [0.25, 0.3) is 5.91 Å². The topological polar surface area (TPSA) is 45.2 Å². The van der Waals surface area contributed by atoms with Gasteiger partial charge in [0.1, 0.15) is 5.69 Å². The van der Waals surface area contributed by atoms with Gasteiger partial charge in [-0.3, -0.25) is 9.78 Å². The maximum atomic E-state index is 12.9. The van der Waals surface area contributed by atoms with Gasteiger partial charge in [0.15, 0.2) is 0 Å². The third-order valence-electron chi connectivity index (χ3n) is 4.36. The number of rotatable bonds is 4. The average molecular weight is 309 g/mol. The zero-order valence-electron chi connectivity index (χ0n) is 13.7. The first-order valence-corrected chi connectivity index (χ1v) is 8.31. The van der Waals surface area contributed by atoms with Crippen LogP contribution in [0.15, 0.2) is 42.6 Å². The van der Waals surface area contributed by atoms with E-state index in [0.717, 1.165) is 37.2 Å². The van der Waals surface area contributed by atoms with Crippen LogP contribution in [0.5, 0.6) is 0 Å². The number of fused-ring (bicyclic) bond motifs is 1. The molecule has 1 aromatic carbocycles. The van der Waals surface area contributed by atoms with Gasteiger partial charge in [-0.2, -0.15) is 0 Å². The van der Waals surface area contributed by atoms with Crippen molar-refractivity contribution in [2.24, 2.45) is 0 Å². The van der Waals surface area contributed by atoms with Crippen molar-refractivity contribution in [3.63, 3.8) is 0 Å². The van der Waals surface area contributed by atoms with Crippen molar-refractivity contribution in [2.75, 3.05) is 16.8 Å². The highest BCUT2D eigenvalue weighted by atomic mass is 16.2. The number of aromatic nitrogens is 1. The predicted octanol–water partition coefficient (Wildman–Crippen LogP) is 3.89. The first kappa shape index (κ1) is 15.5. The smallest absolute Gasteiger partial charge is 0.276 e. The number of pyridine rings is 1. The number of carbonyl (C=O) groups is 1. The molecule has 1 unspecified atom stereocenters. The summed E-state index contributed by atoms with van der Waals surface area (Å²) in [5, 5.41) is 3.40. The van der Waals surface area contributed by atoms with Crippen LogP contribution in [0.2, 0.25) is 0 Å². The van der Waals surface area contributed by atoms with E-state index in [9.17, 15) is 4.79 Å². The van der Waals surface area contributed by atoms with E-state index in [-0.39, 0.29) is 5.91 Å². The molecule has 3 rings (SSSR count). The molecule has 1 N–H and O–H groups in total. The molecule has 0 bridgehead atoms. The van der Waals surface area contributed by atoms with E-state index in [0.29, 0.717) is 11.7 Å². The standard InChI is InChI=1S/C19H23N3O/c1-3-14(2)21-16-10-11-20-17(13-16)19(23)22-12-6-8-15-7-4-5-9-18(15)22/h4-5,7,9-11,13-14H,3,6,8,12H2,1-2H3,(H,20,21). The number of nitrogens with one attached hydrogen (secondary N) is 1. The summed E-state index contributed by atoms with van der Waals surface area (Å²) in [6, 6.07) is 12.3. The third-order valence-corrected chi connectivity index (χ3v) is 4.36. The molecule has 23 heavy (non-hydrogen) atoms. The van der Waals surface area contributed by atoms with Gasteiger partial charge in [0.2, 0.25) is 0 Å². The minimum absolute atomic E-state index is 0.0232. The third kappa shape index (κ3) is 3.36. The highest BCUT2D eigenvalue weighted by molar-refractivity contribution is 6.05. The Morgan fingerprint density at radius 2 is 2.17 bits per heavy atom. The largest absolute Gasteiger partial charge is 0.382 e. The van der Waals surface area contributed by atoms with Gasteiger partial charge in [-0.15, -0.1) is 0 Å². The number of amides is 1. The molecule has 0 saturated heterocycles. The molecule has 0 radical (unpaired) electrons. The highest BCUT2D eigenvalue weighted by Gasteiger charge is 2.24. The van der Waals surface area contributed by atoms with E-state index in [1.165, 1.54) is 5.56 Å². The Morgan fingerprint density at radius 3 is 3.00 bits per heavy atom. The number of para-hydroxylation sites is 1. The van der Waals surface area contributed by atoms with Crippen LogP contribution in [0.3, 0.4) is 0 Å². The summed E-state index contributed by atoms with van der Waals surface area (Å²) in [5.74, 6) is -0.0232. The molecule has 120 valence electrons. The number of hydrogen-bond donors (Lipinski definition) is 1. The van der Waals surface area contributed by atoms with E-state index in [2.05, 4.69) is 30.2 Å². The Balaban J connectivity index is 1.85. The van der Waals surface area contributed by atoms with E-state index in [1.54, 1.807) is 6.20 Å². The van der Waals surface area contributed by atoms with Crippen molar-refractivity contribution in [3.05, 3.63) is 53.9 Å². The number of nitrogens with zero attached hydrogens (tertiary/aromatic N) is 2. The Kier molecular flexibility index (Phi) is 4.60. The summed E-state index contributed by atoms with van der Waals surface area (Å²) in [7, 11) is 0. The van der Waals surface area contributed by atoms with Gasteiger partial charge < -0.3 is 10.2 Å². The summed E-state index contributed by atoms with van der Waals surface area (Å²) in [6.07, 6.45) is 4.76. The summed E-state index contributed by atoms with van der Waals surface area (Å²) >= 11 is 0. The van der Waals surface area contributed by atoms with E-state index < -0.39 is 0 Å². The Labute approximate surface area is 137 Å². The lowest BCUT2D eigenvalue weighted by Crippen LogP contribution is -2.36. The Morgan fingerprint density at radius 1 is 1.35 bits per heavy atom. The number of benzene rings is 1. The maximum Gasteiger partial charge on any atom is 0.276 e. The monoisotopic (exact) mass is 309 g/mol. The van der Waals surface area contributed by atoms with Gasteiger partial charge in [-0.1, -0.05) is 25.1 Å². The number of aryl methyl sites for hydroxylation is 1. The van der Waals surface area contributed by atoms with Crippen molar-refractivity contribution in [1.29, 1.82) is 0 Å². The van der Waals surface area contributed by atoms with Gasteiger partial charge in [0.05, 0.1) is 0 Å². The summed E-state index contributed by atoms with van der Waals surface area (Å²) in [6.45, 7) is 5.01. The molecule has 2 heterocycles. The molecule has 0 saturated carbocycles. The van der Waals surface area contributed by atoms with Crippen LogP contribution < -0.4 is 10.2 Å². The summed E-state index contributed by atoms with van der Waals surface area (Å²) in [4.78, 5) is 19.1. The number of carbonyl (C=O) groups excluding carboxylic acids is 1. The molecular formula is C19H23N3O. The van der Waals surface area contributed by atoms with E-state index in [4.69, 9.17) is 0 Å². The first-order valence-electron chi connectivity index (χ1n) is 8.31. The van der Waals surface area contributed by atoms with Crippen LogP contribution in [-0.4, -0.2) is 23.5 Å².